The van der Waals surface area contributed by atoms with E-state index >= 15 is 0 Å². The molecule has 3 N–H and O–H groups in total. The van der Waals surface area contributed by atoms with Gasteiger partial charge in [-0.05, 0) is 24.5 Å². The Bertz CT molecular complexity index is 614. The van der Waals surface area contributed by atoms with Crippen LogP contribution in [0.1, 0.15) is 61.0 Å². The van der Waals surface area contributed by atoms with Crippen LogP contribution in [0.2, 0.25) is 0 Å². The first-order valence-electron chi connectivity index (χ1n) is 7.90. The highest BCUT2D eigenvalue weighted by molar-refractivity contribution is 6.01. The van der Waals surface area contributed by atoms with Crippen LogP contribution in [0.3, 0.4) is 0 Å². The van der Waals surface area contributed by atoms with E-state index in [1.807, 2.05) is 12.1 Å². The molecule has 0 spiro atoms. The van der Waals surface area contributed by atoms with Gasteiger partial charge in [-0.2, -0.15) is 0 Å². The maximum atomic E-state index is 12.7. The number of nitrogens with two attached hydrogens (primary N) is 1. The fourth-order valence-corrected chi connectivity index (χ4v) is 3.14. The molecule has 0 saturated heterocycles. The van der Waals surface area contributed by atoms with Gasteiger partial charge < -0.3 is 15.7 Å². The van der Waals surface area contributed by atoms with Crippen molar-refractivity contribution in [1.29, 1.82) is 0 Å². The molecule has 2 amide bonds. The zero-order chi connectivity index (χ0) is 17.0. The van der Waals surface area contributed by atoms with Gasteiger partial charge in [-0.25, -0.2) is 0 Å². The molecule has 1 aliphatic heterocycles. The van der Waals surface area contributed by atoms with Gasteiger partial charge in [-0.1, -0.05) is 38.0 Å². The van der Waals surface area contributed by atoms with Crippen molar-refractivity contribution >= 4 is 17.8 Å². The lowest BCUT2D eigenvalue weighted by Gasteiger charge is -2.31. The summed E-state index contributed by atoms with van der Waals surface area (Å²) in [6.07, 6.45) is 2.45. The van der Waals surface area contributed by atoms with Crippen molar-refractivity contribution in [2.75, 3.05) is 0 Å². The van der Waals surface area contributed by atoms with Crippen molar-refractivity contribution in [2.45, 2.75) is 51.1 Å². The molecule has 0 saturated carbocycles. The van der Waals surface area contributed by atoms with Crippen molar-refractivity contribution in [1.82, 2.24) is 4.90 Å². The molecule has 2 rings (SSSR count). The Hall–Kier alpha value is -2.37. The summed E-state index contributed by atoms with van der Waals surface area (Å²) in [5.41, 5.74) is 6.94. The highest BCUT2D eigenvalue weighted by atomic mass is 16.4. The number of rotatable bonds is 8. The van der Waals surface area contributed by atoms with Crippen LogP contribution in [0.5, 0.6) is 0 Å². The Morgan fingerprint density at radius 2 is 2.04 bits per heavy atom. The number of hydrogen-bond acceptors (Lipinski definition) is 3. The zero-order valence-electron chi connectivity index (χ0n) is 13.2. The Labute approximate surface area is 135 Å². The van der Waals surface area contributed by atoms with Gasteiger partial charge in [0.25, 0.3) is 5.91 Å². The minimum absolute atomic E-state index is 0.0347. The van der Waals surface area contributed by atoms with Gasteiger partial charge >= 0.3 is 5.97 Å². The summed E-state index contributed by atoms with van der Waals surface area (Å²) in [7, 11) is 0. The molecule has 1 aromatic rings. The average Bonchev–Trinajstić information content (AvgIpc) is 2.78. The maximum absolute atomic E-state index is 12.7. The van der Waals surface area contributed by atoms with E-state index in [1.165, 1.54) is 4.90 Å². The summed E-state index contributed by atoms with van der Waals surface area (Å²) in [5, 5.41) is 8.88. The first-order chi connectivity index (χ1) is 11.0. The molecule has 0 aromatic heterocycles. The number of aliphatic carboxylic acids is 1. The molecule has 2 atom stereocenters. The number of hydrogen-bond donors (Lipinski definition) is 2. The Kier molecular flexibility index (Phi) is 5.36. The van der Waals surface area contributed by atoms with Gasteiger partial charge in [0, 0.05) is 12.0 Å². The molecule has 0 aliphatic carbocycles. The molecule has 1 heterocycles. The average molecular weight is 318 g/mol. The predicted octanol–water partition coefficient (Wildman–Crippen LogP) is 2.09. The molecular weight excluding hydrogens is 296 g/mol. The summed E-state index contributed by atoms with van der Waals surface area (Å²) in [5.74, 6) is -1.91. The minimum Gasteiger partial charge on any atom is -0.481 e. The van der Waals surface area contributed by atoms with Crippen molar-refractivity contribution in [3.05, 3.63) is 35.4 Å². The van der Waals surface area contributed by atoms with Crippen molar-refractivity contribution in [2.24, 2.45) is 5.73 Å². The largest absolute Gasteiger partial charge is 0.481 e. The lowest BCUT2D eigenvalue weighted by molar-refractivity contribution is -0.137. The van der Waals surface area contributed by atoms with Gasteiger partial charge in [-0.3, -0.25) is 14.4 Å². The van der Waals surface area contributed by atoms with Crippen molar-refractivity contribution < 1.29 is 19.5 Å². The Morgan fingerprint density at radius 3 is 2.65 bits per heavy atom. The third-order valence-corrected chi connectivity index (χ3v) is 4.25. The predicted molar refractivity (Wildman–Crippen MR) is 84.7 cm³/mol. The van der Waals surface area contributed by atoms with Crippen LogP contribution in [-0.2, 0) is 9.59 Å². The molecule has 2 unspecified atom stereocenters. The second kappa shape index (κ2) is 7.26. The van der Waals surface area contributed by atoms with E-state index in [0.29, 0.717) is 5.56 Å². The fraction of sp³-hybridized carbons (Fsp3) is 0.471. The van der Waals surface area contributed by atoms with Crippen LogP contribution >= 0.6 is 0 Å². The summed E-state index contributed by atoms with van der Waals surface area (Å²) >= 11 is 0. The maximum Gasteiger partial charge on any atom is 0.303 e. The standard InChI is InChI=1S/C17H22N2O4/c1-2-3-8-13-11-6-4-5-7-12(11)17(23)19(13)14(16(18)22)9-10-15(20)21/h4-7,13-14H,2-3,8-10H2,1H3,(H2,18,22)(H,20,21). The smallest absolute Gasteiger partial charge is 0.303 e. The number of carboxylic acid groups (broad SMARTS) is 1. The SMILES string of the molecule is CCCCC1c2ccccc2C(=O)N1C(CCC(=O)O)C(N)=O. The molecular formula is C17H22N2O4. The second-order valence-corrected chi connectivity index (χ2v) is 5.81. The first-order valence-corrected chi connectivity index (χ1v) is 7.90. The molecule has 1 aliphatic rings. The molecule has 124 valence electrons. The quantitative estimate of drug-likeness (QED) is 0.766. The highest BCUT2D eigenvalue weighted by Crippen LogP contribution is 2.39. The highest BCUT2D eigenvalue weighted by Gasteiger charge is 2.41. The number of amides is 2. The molecule has 1 aromatic carbocycles. The third kappa shape index (κ3) is 3.52. The summed E-state index contributed by atoms with van der Waals surface area (Å²) < 4.78 is 0. The van der Waals surface area contributed by atoms with E-state index in [1.54, 1.807) is 12.1 Å². The van der Waals surface area contributed by atoms with Crippen LogP contribution in [0, 0.1) is 0 Å². The van der Waals surface area contributed by atoms with Crippen LogP contribution in [0.15, 0.2) is 24.3 Å². The van der Waals surface area contributed by atoms with E-state index in [0.717, 1.165) is 24.8 Å². The number of primary amides is 1. The van der Waals surface area contributed by atoms with Gasteiger partial charge in [0.15, 0.2) is 0 Å². The van der Waals surface area contributed by atoms with E-state index in [2.05, 4.69) is 6.92 Å². The van der Waals surface area contributed by atoms with E-state index in [4.69, 9.17) is 10.8 Å². The first kappa shape index (κ1) is 17.0. The van der Waals surface area contributed by atoms with Crippen molar-refractivity contribution in [3.8, 4) is 0 Å². The molecule has 0 fully saturated rings. The number of fused-ring (bicyclic) bond motifs is 1. The van der Waals surface area contributed by atoms with Crippen LogP contribution in [0.4, 0.5) is 0 Å². The number of benzene rings is 1. The zero-order valence-corrected chi connectivity index (χ0v) is 13.2. The van der Waals surface area contributed by atoms with E-state index in [-0.39, 0.29) is 24.8 Å². The van der Waals surface area contributed by atoms with E-state index in [9.17, 15) is 14.4 Å². The number of carbonyl (C=O) groups is 3. The van der Waals surface area contributed by atoms with Crippen LogP contribution in [-0.4, -0.2) is 33.8 Å². The number of unbranched alkanes of at least 4 members (excludes halogenated alkanes) is 1. The molecule has 23 heavy (non-hydrogen) atoms. The molecule has 0 bridgehead atoms. The van der Waals surface area contributed by atoms with Gasteiger partial charge in [0.05, 0.1) is 6.04 Å². The van der Waals surface area contributed by atoms with Crippen LogP contribution < -0.4 is 5.73 Å². The van der Waals surface area contributed by atoms with Gasteiger partial charge in [-0.15, -0.1) is 0 Å². The third-order valence-electron chi connectivity index (χ3n) is 4.25. The number of carboxylic acids is 1. The van der Waals surface area contributed by atoms with Gasteiger partial charge in [0.1, 0.15) is 6.04 Å². The van der Waals surface area contributed by atoms with Gasteiger partial charge in [0.2, 0.25) is 5.91 Å². The summed E-state index contributed by atoms with van der Waals surface area (Å²) in [6, 6.07) is 6.17. The topological polar surface area (TPSA) is 101 Å². The summed E-state index contributed by atoms with van der Waals surface area (Å²) in [4.78, 5) is 36.9. The summed E-state index contributed by atoms with van der Waals surface area (Å²) in [6.45, 7) is 2.06. The normalized spacial score (nSPS) is 17.9. The Morgan fingerprint density at radius 1 is 1.35 bits per heavy atom. The number of nitrogens with zero attached hydrogens (tertiary/aromatic N) is 1. The minimum atomic E-state index is -1.01. The van der Waals surface area contributed by atoms with Crippen LogP contribution in [0.25, 0.3) is 0 Å². The lowest BCUT2D eigenvalue weighted by atomic mass is 9.99. The number of carbonyl (C=O) groups excluding carboxylic acids is 2. The van der Waals surface area contributed by atoms with E-state index < -0.39 is 17.9 Å². The van der Waals surface area contributed by atoms with Crippen molar-refractivity contribution in [3.63, 3.8) is 0 Å². The fourth-order valence-electron chi connectivity index (χ4n) is 3.14. The lowest BCUT2D eigenvalue weighted by Crippen LogP contribution is -2.47. The second-order valence-electron chi connectivity index (χ2n) is 5.81. The molecule has 6 nitrogen and oxygen atoms in total. The molecule has 6 heteroatoms. The monoisotopic (exact) mass is 318 g/mol. The Balaban J connectivity index is 2.35. The molecule has 0 radical (unpaired) electrons.